The minimum absolute atomic E-state index is 0.709. The van der Waals surface area contributed by atoms with Gasteiger partial charge in [-0.25, -0.2) is 0 Å². The molecule has 0 aliphatic heterocycles. The lowest BCUT2D eigenvalue weighted by Gasteiger charge is -2.42. The SMILES string of the molecule is CCCCCCCCCC([N+](C)(C)C)[N+](C)(C)C. The largest absolute Gasteiger partial charge is 0.282 e. The number of rotatable bonds is 10. The first kappa shape index (κ1) is 17.9. The fourth-order valence-electron chi connectivity index (χ4n) is 3.10. The van der Waals surface area contributed by atoms with Crippen LogP contribution in [0.15, 0.2) is 0 Å². The average molecular weight is 258 g/mol. The summed E-state index contributed by atoms with van der Waals surface area (Å²) in [6.45, 7) is 2.28. The molecule has 0 aliphatic rings. The summed E-state index contributed by atoms with van der Waals surface area (Å²) in [7, 11) is 14.0. The Hall–Kier alpha value is -0.0800. The van der Waals surface area contributed by atoms with Gasteiger partial charge >= 0.3 is 0 Å². The molecule has 0 bridgehead atoms. The summed E-state index contributed by atoms with van der Waals surface area (Å²) in [6, 6.07) is 0. The quantitative estimate of drug-likeness (QED) is 0.317. The first-order valence-electron chi connectivity index (χ1n) is 7.82. The van der Waals surface area contributed by atoms with Crippen LogP contribution < -0.4 is 0 Å². The second-order valence-electron chi connectivity index (χ2n) is 7.62. The highest BCUT2D eigenvalue weighted by Crippen LogP contribution is 2.19. The molecule has 2 heteroatoms. The molecule has 0 N–H and O–H groups in total. The van der Waals surface area contributed by atoms with E-state index in [0.29, 0.717) is 6.17 Å². The zero-order valence-electron chi connectivity index (χ0n) is 14.1. The van der Waals surface area contributed by atoms with E-state index in [1.54, 1.807) is 0 Å². The highest BCUT2D eigenvalue weighted by Gasteiger charge is 2.34. The second-order valence-corrected chi connectivity index (χ2v) is 7.62. The van der Waals surface area contributed by atoms with Crippen LogP contribution in [0.25, 0.3) is 0 Å². The third-order valence-corrected chi connectivity index (χ3v) is 3.85. The van der Waals surface area contributed by atoms with Crippen molar-refractivity contribution in [1.82, 2.24) is 0 Å². The molecule has 0 saturated heterocycles. The van der Waals surface area contributed by atoms with Crippen molar-refractivity contribution in [2.24, 2.45) is 0 Å². The Bertz CT molecular complexity index is 184. The van der Waals surface area contributed by atoms with Crippen molar-refractivity contribution in [3.05, 3.63) is 0 Å². The summed E-state index contributed by atoms with van der Waals surface area (Å²) in [5.41, 5.74) is 0. The molecule has 2 nitrogen and oxygen atoms in total. The van der Waals surface area contributed by atoms with Gasteiger partial charge < -0.3 is 0 Å². The lowest BCUT2D eigenvalue weighted by Crippen LogP contribution is -2.60. The van der Waals surface area contributed by atoms with Crippen molar-refractivity contribution in [1.29, 1.82) is 0 Å². The summed E-state index contributed by atoms with van der Waals surface area (Å²) < 4.78 is 2.14. The monoisotopic (exact) mass is 258 g/mol. The maximum Gasteiger partial charge on any atom is 0.215 e. The molecule has 0 amide bonds. The van der Waals surface area contributed by atoms with E-state index in [4.69, 9.17) is 0 Å². The molecule has 0 aromatic heterocycles. The van der Waals surface area contributed by atoms with Crippen LogP contribution in [-0.2, 0) is 0 Å². The summed E-state index contributed by atoms with van der Waals surface area (Å²) >= 11 is 0. The third-order valence-electron chi connectivity index (χ3n) is 3.85. The van der Waals surface area contributed by atoms with E-state index < -0.39 is 0 Å². The summed E-state index contributed by atoms with van der Waals surface area (Å²) in [5, 5.41) is 0. The lowest BCUT2D eigenvalue weighted by molar-refractivity contribution is -1.09. The van der Waals surface area contributed by atoms with Crippen molar-refractivity contribution >= 4 is 0 Å². The zero-order chi connectivity index (χ0) is 14.2. The van der Waals surface area contributed by atoms with E-state index in [2.05, 4.69) is 49.2 Å². The number of unbranched alkanes of at least 4 members (excludes halogenated alkanes) is 6. The fourth-order valence-corrected chi connectivity index (χ4v) is 3.10. The molecule has 0 aromatic rings. The Labute approximate surface area is 116 Å². The summed E-state index contributed by atoms with van der Waals surface area (Å²) in [6.07, 6.45) is 11.9. The van der Waals surface area contributed by atoms with Crippen LogP contribution in [-0.4, -0.2) is 57.4 Å². The molecule has 0 heterocycles. The molecular formula is C16H38N2+2. The highest BCUT2D eigenvalue weighted by atomic mass is 15.5. The van der Waals surface area contributed by atoms with E-state index >= 15 is 0 Å². The topological polar surface area (TPSA) is 0 Å². The summed E-state index contributed by atoms with van der Waals surface area (Å²) in [4.78, 5) is 0. The van der Waals surface area contributed by atoms with E-state index in [1.807, 2.05) is 0 Å². The molecule has 110 valence electrons. The molecule has 0 radical (unpaired) electrons. The van der Waals surface area contributed by atoms with Gasteiger partial charge in [-0.1, -0.05) is 45.4 Å². The molecule has 0 saturated carbocycles. The Kier molecular flexibility index (Phi) is 8.13. The van der Waals surface area contributed by atoms with Gasteiger partial charge in [-0.15, -0.1) is 0 Å². The molecule has 0 unspecified atom stereocenters. The standard InChI is InChI=1S/C16H38N2/c1-8-9-10-11-12-13-14-15-16(17(2,3)4)18(5,6)7/h16H,8-15H2,1-7H3/q+2. The van der Waals surface area contributed by atoms with Crippen LogP contribution in [0.3, 0.4) is 0 Å². The number of hydrogen-bond acceptors (Lipinski definition) is 0. The van der Waals surface area contributed by atoms with Gasteiger partial charge in [-0.05, 0) is 6.42 Å². The Morgan fingerprint density at radius 2 is 1.00 bits per heavy atom. The van der Waals surface area contributed by atoms with Crippen LogP contribution in [0, 0.1) is 0 Å². The van der Waals surface area contributed by atoms with Crippen LogP contribution in [0.4, 0.5) is 0 Å². The van der Waals surface area contributed by atoms with Crippen molar-refractivity contribution in [3.63, 3.8) is 0 Å². The van der Waals surface area contributed by atoms with E-state index in [0.717, 1.165) is 8.97 Å². The van der Waals surface area contributed by atoms with Gasteiger partial charge in [0.1, 0.15) is 0 Å². The van der Waals surface area contributed by atoms with Crippen molar-refractivity contribution in [2.45, 2.75) is 64.5 Å². The molecule has 0 rings (SSSR count). The van der Waals surface area contributed by atoms with Gasteiger partial charge in [0.2, 0.25) is 6.17 Å². The molecule has 18 heavy (non-hydrogen) atoms. The van der Waals surface area contributed by atoms with Gasteiger partial charge in [0.05, 0.1) is 48.7 Å². The van der Waals surface area contributed by atoms with Crippen molar-refractivity contribution in [3.8, 4) is 0 Å². The first-order valence-corrected chi connectivity index (χ1v) is 7.82. The van der Waals surface area contributed by atoms with Gasteiger partial charge in [0.15, 0.2) is 0 Å². The fraction of sp³-hybridized carbons (Fsp3) is 1.00. The Morgan fingerprint density at radius 1 is 0.611 bits per heavy atom. The van der Waals surface area contributed by atoms with Crippen LogP contribution in [0.5, 0.6) is 0 Å². The lowest BCUT2D eigenvalue weighted by atomic mass is 10.1. The highest BCUT2D eigenvalue weighted by molar-refractivity contribution is 4.50. The van der Waals surface area contributed by atoms with Crippen molar-refractivity contribution < 1.29 is 8.97 Å². The average Bonchev–Trinajstić information content (AvgIpc) is 2.18. The third kappa shape index (κ3) is 8.10. The number of hydrogen-bond donors (Lipinski definition) is 0. The van der Waals surface area contributed by atoms with E-state index in [1.165, 1.54) is 51.4 Å². The number of quaternary nitrogens is 2. The second kappa shape index (κ2) is 8.16. The van der Waals surface area contributed by atoms with E-state index in [9.17, 15) is 0 Å². The maximum atomic E-state index is 2.33. The Morgan fingerprint density at radius 3 is 1.39 bits per heavy atom. The molecule has 0 fully saturated rings. The van der Waals surface area contributed by atoms with Gasteiger partial charge in [-0.3, -0.25) is 8.97 Å². The predicted molar refractivity (Wildman–Crippen MR) is 82.5 cm³/mol. The Balaban J connectivity index is 3.86. The first-order chi connectivity index (χ1) is 8.19. The smallest absolute Gasteiger partial charge is 0.215 e. The molecule has 0 aromatic carbocycles. The van der Waals surface area contributed by atoms with Crippen LogP contribution in [0.1, 0.15) is 58.3 Å². The van der Waals surface area contributed by atoms with Gasteiger partial charge in [-0.2, -0.15) is 0 Å². The minimum Gasteiger partial charge on any atom is -0.282 e. The molecule has 0 spiro atoms. The van der Waals surface area contributed by atoms with Gasteiger partial charge in [0, 0.05) is 0 Å². The molecule has 0 aliphatic carbocycles. The molecule has 0 atom stereocenters. The summed E-state index contributed by atoms with van der Waals surface area (Å²) in [5.74, 6) is 0. The maximum absolute atomic E-state index is 2.33. The molecular weight excluding hydrogens is 220 g/mol. The van der Waals surface area contributed by atoms with E-state index in [-0.39, 0.29) is 0 Å². The zero-order valence-corrected chi connectivity index (χ0v) is 14.1. The van der Waals surface area contributed by atoms with Crippen molar-refractivity contribution in [2.75, 3.05) is 42.3 Å². The number of nitrogens with zero attached hydrogens (tertiary/aromatic N) is 2. The van der Waals surface area contributed by atoms with Crippen LogP contribution >= 0.6 is 0 Å². The van der Waals surface area contributed by atoms with Crippen LogP contribution in [0.2, 0.25) is 0 Å². The predicted octanol–water partition coefficient (Wildman–Crippen LogP) is 3.87. The van der Waals surface area contributed by atoms with Gasteiger partial charge in [0.25, 0.3) is 0 Å². The normalized spacial score (nSPS) is 13.3. The minimum atomic E-state index is 0.709.